The van der Waals surface area contributed by atoms with E-state index in [1.165, 1.54) is 6.20 Å². The zero-order valence-corrected chi connectivity index (χ0v) is 21.6. The standard InChI is InChI=1S/C29H28Cl2N4O/c1-18(12-21-8-10-23(30)14-26(21)31)35-28(19-6-4-3-5-7-19)29(36)25-17-34-27-13-20(9-11-24(25)27)22(15-32)16-33-2/h3-11,13-18,28,34-35H,12,32H2,1-2H3/t18-,28+/m1/s1. The van der Waals surface area contributed by atoms with Crippen molar-refractivity contribution in [1.82, 2.24) is 10.3 Å². The largest absolute Gasteiger partial charge is 0.404 e. The highest BCUT2D eigenvalue weighted by Crippen LogP contribution is 2.28. The number of nitrogens with two attached hydrogens (primary N) is 1. The fourth-order valence-electron chi connectivity index (χ4n) is 4.35. The van der Waals surface area contributed by atoms with Gasteiger partial charge in [0, 0.05) is 63.8 Å². The zero-order chi connectivity index (χ0) is 25.7. The Morgan fingerprint density at radius 3 is 2.58 bits per heavy atom. The average Bonchev–Trinajstić information content (AvgIpc) is 3.31. The number of nitrogens with zero attached hydrogens (tertiary/aromatic N) is 1. The van der Waals surface area contributed by atoms with Crippen LogP contribution in [0.3, 0.4) is 0 Å². The van der Waals surface area contributed by atoms with Crippen molar-refractivity contribution in [2.45, 2.75) is 25.4 Å². The van der Waals surface area contributed by atoms with E-state index in [9.17, 15) is 4.79 Å². The number of hydrogen-bond donors (Lipinski definition) is 3. The number of nitrogens with one attached hydrogen (secondary N) is 2. The first-order valence-corrected chi connectivity index (χ1v) is 12.4. The summed E-state index contributed by atoms with van der Waals surface area (Å²) in [5.74, 6) is -0.0148. The molecule has 0 radical (unpaired) electrons. The van der Waals surface area contributed by atoms with Crippen LogP contribution in [0.5, 0.6) is 0 Å². The summed E-state index contributed by atoms with van der Waals surface area (Å²) in [5, 5.41) is 5.60. The molecule has 0 aliphatic heterocycles. The number of hydrogen-bond acceptors (Lipinski definition) is 4. The van der Waals surface area contributed by atoms with Crippen LogP contribution in [0.1, 0.15) is 40.0 Å². The maximum Gasteiger partial charge on any atom is 0.186 e. The van der Waals surface area contributed by atoms with Crippen molar-refractivity contribution >= 4 is 51.7 Å². The molecule has 0 fully saturated rings. The average molecular weight is 519 g/mol. The number of fused-ring (bicyclic) bond motifs is 1. The summed E-state index contributed by atoms with van der Waals surface area (Å²) in [7, 11) is 1.70. The normalized spacial score (nSPS) is 13.8. The van der Waals surface area contributed by atoms with Crippen molar-refractivity contribution in [3.8, 4) is 0 Å². The summed E-state index contributed by atoms with van der Waals surface area (Å²) < 4.78 is 0. The molecule has 0 saturated heterocycles. The molecule has 4 N–H and O–H groups in total. The molecule has 0 aliphatic rings. The molecule has 36 heavy (non-hydrogen) atoms. The van der Waals surface area contributed by atoms with Crippen LogP contribution < -0.4 is 11.1 Å². The minimum absolute atomic E-state index is 0.0148. The molecule has 0 amide bonds. The number of aliphatic imine (C=N–C) groups is 1. The Morgan fingerprint density at radius 1 is 1.11 bits per heavy atom. The van der Waals surface area contributed by atoms with Gasteiger partial charge in [-0.05, 0) is 48.2 Å². The molecule has 5 nitrogen and oxygen atoms in total. The van der Waals surface area contributed by atoms with Crippen LogP contribution >= 0.6 is 23.2 Å². The van der Waals surface area contributed by atoms with E-state index in [4.69, 9.17) is 28.9 Å². The van der Waals surface area contributed by atoms with Crippen LogP contribution in [-0.2, 0) is 6.42 Å². The van der Waals surface area contributed by atoms with Gasteiger partial charge in [0.15, 0.2) is 5.78 Å². The Balaban J connectivity index is 1.64. The number of carbonyl (C=O) groups excluding carboxylic acids is 1. The number of H-pyrrole nitrogens is 1. The summed E-state index contributed by atoms with van der Waals surface area (Å²) >= 11 is 12.5. The van der Waals surface area contributed by atoms with Gasteiger partial charge >= 0.3 is 0 Å². The summed E-state index contributed by atoms with van der Waals surface area (Å²) in [6.45, 7) is 2.05. The Morgan fingerprint density at radius 2 is 1.89 bits per heavy atom. The van der Waals surface area contributed by atoms with Gasteiger partial charge < -0.3 is 16.0 Å². The minimum Gasteiger partial charge on any atom is -0.404 e. The van der Waals surface area contributed by atoms with Crippen LogP contribution in [0.25, 0.3) is 16.5 Å². The number of aromatic amines is 1. The number of carbonyl (C=O) groups is 1. The monoisotopic (exact) mass is 518 g/mol. The topological polar surface area (TPSA) is 83.3 Å². The Labute approximate surface area is 221 Å². The fraction of sp³-hybridized carbons (Fsp3) is 0.172. The first-order chi connectivity index (χ1) is 17.4. The number of Topliss-reactive ketones (excluding diaryl/α,β-unsaturated/α-hetero) is 1. The highest BCUT2D eigenvalue weighted by atomic mass is 35.5. The van der Waals surface area contributed by atoms with Gasteiger partial charge in [-0.3, -0.25) is 9.79 Å². The number of benzene rings is 3. The van der Waals surface area contributed by atoms with E-state index < -0.39 is 6.04 Å². The lowest BCUT2D eigenvalue weighted by Gasteiger charge is -2.23. The Kier molecular flexibility index (Phi) is 8.26. The van der Waals surface area contributed by atoms with E-state index in [-0.39, 0.29) is 11.8 Å². The van der Waals surface area contributed by atoms with Crippen molar-refractivity contribution in [2.75, 3.05) is 7.05 Å². The van der Waals surface area contributed by atoms with E-state index in [2.05, 4.69) is 15.3 Å². The summed E-state index contributed by atoms with van der Waals surface area (Å²) in [6.07, 6.45) is 5.65. The highest BCUT2D eigenvalue weighted by Gasteiger charge is 2.26. The predicted octanol–water partition coefficient (Wildman–Crippen LogP) is 6.62. The Bertz CT molecular complexity index is 1430. The van der Waals surface area contributed by atoms with Gasteiger partial charge in [0.1, 0.15) is 0 Å². The number of aromatic nitrogens is 1. The third-order valence-electron chi connectivity index (χ3n) is 6.12. The molecule has 1 heterocycles. The molecular formula is C29H28Cl2N4O. The molecule has 0 unspecified atom stereocenters. The molecular weight excluding hydrogens is 491 g/mol. The quantitative estimate of drug-likeness (QED) is 0.172. The van der Waals surface area contributed by atoms with Crippen LogP contribution in [0.15, 0.2) is 84.1 Å². The molecule has 0 bridgehead atoms. The second-order valence-corrected chi connectivity index (χ2v) is 9.53. The summed E-state index contributed by atoms with van der Waals surface area (Å²) in [5.41, 5.74) is 10.8. The van der Waals surface area contributed by atoms with Gasteiger partial charge in [-0.25, -0.2) is 0 Å². The van der Waals surface area contributed by atoms with Crippen molar-refractivity contribution in [2.24, 2.45) is 10.7 Å². The fourth-order valence-corrected chi connectivity index (χ4v) is 4.83. The first kappa shape index (κ1) is 25.7. The number of halogens is 2. The van der Waals surface area contributed by atoms with Crippen LogP contribution in [0, 0.1) is 0 Å². The molecule has 0 spiro atoms. The summed E-state index contributed by atoms with van der Waals surface area (Å²) in [4.78, 5) is 21.2. The predicted molar refractivity (Wildman–Crippen MR) is 151 cm³/mol. The van der Waals surface area contributed by atoms with E-state index in [1.807, 2.05) is 67.6 Å². The van der Waals surface area contributed by atoms with E-state index >= 15 is 0 Å². The number of allylic oxidation sites excluding steroid dienone is 1. The second-order valence-electron chi connectivity index (χ2n) is 8.69. The molecule has 1 aromatic heterocycles. The molecule has 4 aromatic rings. The van der Waals surface area contributed by atoms with Gasteiger partial charge in [0.2, 0.25) is 0 Å². The molecule has 2 atom stereocenters. The molecule has 7 heteroatoms. The molecule has 184 valence electrons. The highest BCUT2D eigenvalue weighted by molar-refractivity contribution is 6.35. The SMILES string of the molecule is CN=CC(=CN)c1ccc2c(C(=O)[C@@H](N[C@H](C)Cc3ccc(Cl)cc3Cl)c3ccccc3)c[nH]c2c1. The van der Waals surface area contributed by atoms with Crippen molar-refractivity contribution in [1.29, 1.82) is 0 Å². The third-order valence-corrected chi connectivity index (χ3v) is 6.70. The second kappa shape index (κ2) is 11.6. The van der Waals surface area contributed by atoms with E-state index in [1.54, 1.807) is 25.5 Å². The van der Waals surface area contributed by atoms with Gasteiger partial charge in [0.05, 0.1) is 6.04 Å². The van der Waals surface area contributed by atoms with Gasteiger partial charge in [-0.2, -0.15) is 0 Å². The van der Waals surface area contributed by atoms with Crippen LogP contribution in [0.2, 0.25) is 10.0 Å². The molecule has 4 rings (SSSR count). The molecule has 3 aromatic carbocycles. The first-order valence-electron chi connectivity index (χ1n) is 11.7. The van der Waals surface area contributed by atoms with Crippen LogP contribution in [0.4, 0.5) is 0 Å². The van der Waals surface area contributed by atoms with Crippen LogP contribution in [-0.4, -0.2) is 30.1 Å². The van der Waals surface area contributed by atoms with Gasteiger partial charge in [-0.1, -0.05) is 71.7 Å². The van der Waals surface area contributed by atoms with Crippen molar-refractivity contribution < 1.29 is 4.79 Å². The third kappa shape index (κ3) is 5.71. The van der Waals surface area contributed by atoms with Crippen molar-refractivity contribution in [3.05, 3.63) is 111 Å². The van der Waals surface area contributed by atoms with Gasteiger partial charge in [-0.15, -0.1) is 0 Å². The Hall–Kier alpha value is -3.38. The number of rotatable bonds is 9. The molecule has 0 saturated carbocycles. The summed E-state index contributed by atoms with van der Waals surface area (Å²) in [6, 6.07) is 20.6. The van der Waals surface area contributed by atoms with Crippen molar-refractivity contribution in [3.63, 3.8) is 0 Å². The maximum absolute atomic E-state index is 13.9. The number of ketones is 1. The lowest BCUT2D eigenvalue weighted by molar-refractivity contribution is 0.0938. The minimum atomic E-state index is -0.530. The zero-order valence-electron chi connectivity index (χ0n) is 20.1. The van der Waals surface area contributed by atoms with Gasteiger partial charge in [0.25, 0.3) is 0 Å². The maximum atomic E-state index is 13.9. The van der Waals surface area contributed by atoms with E-state index in [0.29, 0.717) is 22.0 Å². The smallest absolute Gasteiger partial charge is 0.186 e. The van der Waals surface area contributed by atoms with E-state index in [0.717, 1.165) is 33.2 Å². The molecule has 0 aliphatic carbocycles. The lowest BCUT2D eigenvalue weighted by atomic mass is 9.95. The lowest BCUT2D eigenvalue weighted by Crippen LogP contribution is -2.36.